The first-order chi connectivity index (χ1) is 24.0. The summed E-state index contributed by atoms with van der Waals surface area (Å²) in [5, 5.41) is 13.6. The average Bonchev–Trinajstić information content (AvgIpc) is 3.45. The molecule has 1 fully saturated rings. The monoisotopic (exact) mass is 712 g/mol. The molecule has 0 atom stereocenters. The molecule has 0 bridgehead atoms. The lowest BCUT2D eigenvalue weighted by atomic mass is 9.88. The van der Waals surface area contributed by atoms with Crippen molar-refractivity contribution in [2.24, 2.45) is 0 Å². The molecular weight excluding hydrogens is 669 g/mol. The number of Topliss-reactive ketones (excluding diaryl/α,β-unsaturated/α-hetero) is 1. The minimum Gasteiger partial charge on any atom is -0.455 e. The van der Waals surface area contributed by atoms with Crippen molar-refractivity contribution in [3.8, 4) is 28.5 Å². The summed E-state index contributed by atoms with van der Waals surface area (Å²) in [5.74, 6) is -0.227. The average molecular weight is 713 g/mol. The van der Waals surface area contributed by atoms with Crippen LogP contribution in [0, 0.1) is 18.3 Å². The number of carbonyl (C=O) groups is 3. The Morgan fingerprint density at radius 2 is 1.69 bits per heavy atom. The number of benzene rings is 3. The van der Waals surface area contributed by atoms with Crippen LogP contribution in [0.2, 0.25) is 0 Å². The summed E-state index contributed by atoms with van der Waals surface area (Å²) in [7, 11) is -3.75. The summed E-state index contributed by atoms with van der Waals surface area (Å²) in [6.07, 6.45) is 1.31. The summed E-state index contributed by atoms with van der Waals surface area (Å²) in [4.78, 5) is 41.3. The van der Waals surface area contributed by atoms with Crippen molar-refractivity contribution in [3.63, 3.8) is 0 Å². The number of sulfonamides is 1. The third kappa shape index (κ3) is 7.94. The van der Waals surface area contributed by atoms with Crippen molar-refractivity contribution >= 4 is 44.5 Å². The molecule has 51 heavy (non-hydrogen) atoms. The van der Waals surface area contributed by atoms with E-state index in [9.17, 15) is 28.1 Å². The highest BCUT2D eigenvalue weighted by Crippen LogP contribution is 2.42. The van der Waals surface area contributed by atoms with Gasteiger partial charge in [0.1, 0.15) is 22.5 Å². The van der Waals surface area contributed by atoms with Crippen LogP contribution in [0.1, 0.15) is 80.2 Å². The molecule has 12 heteroatoms. The number of likely N-dealkylation sites (tertiary alicyclic amines) is 1. The molecule has 2 heterocycles. The van der Waals surface area contributed by atoms with Crippen molar-refractivity contribution in [3.05, 3.63) is 77.4 Å². The fraction of sp³-hybridized carbons (Fsp3) is 0.385. The molecule has 0 radical (unpaired) electrons. The van der Waals surface area contributed by atoms with Crippen molar-refractivity contribution in [1.82, 2.24) is 10.2 Å². The van der Waals surface area contributed by atoms with Gasteiger partial charge in [-0.25, -0.2) is 13.2 Å². The number of hydrogen-bond donors (Lipinski definition) is 1. The van der Waals surface area contributed by atoms with Crippen LogP contribution in [0.3, 0.4) is 0 Å². The van der Waals surface area contributed by atoms with Gasteiger partial charge < -0.3 is 19.4 Å². The predicted molar refractivity (Wildman–Crippen MR) is 197 cm³/mol. The van der Waals surface area contributed by atoms with Gasteiger partial charge in [-0.1, -0.05) is 48.9 Å². The molecule has 268 valence electrons. The molecule has 4 aromatic rings. The third-order valence-electron chi connectivity index (χ3n) is 8.95. The second-order valence-electron chi connectivity index (χ2n) is 13.9. The summed E-state index contributed by atoms with van der Waals surface area (Å²) < 4.78 is 39.2. The molecule has 1 aliphatic rings. The number of nitrogens with one attached hydrogen (secondary N) is 1. The second kappa shape index (κ2) is 14.2. The topological polar surface area (TPSA) is 150 Å². The number of carbonyl (C=O) groups excluding carboxylic acids is 3. The van der Waals surface area contributed by atoms with Crippen molar-refractivity contribution < 1.29 is 32.0 Å². The number of piperidine rings is 1. The molecular formula is C39H44N4O7S. The van der Waals surface area contributed by atoms with E-state index >= 15 is 0 Å². The van der Waals surface area contributed by atoms with Gasteiger partial charge >= 0.3 is 6.09 Å². The maximum Gasteiger partial charge on any atom is 0.410 e. The normalized spacial score (nSPS) is 14.5. The Labute approximate surface area is 299 Å². The first-order valence-electron chi connectivity index (χ1n) is 17.0. The zero-order valence-corrected chi connectivity index (χ0v) is 30.9. The van der Waals surface area contributed by atoms with E-state index in [0.717, 1.165) is 11.8 Å². The Bertz CT molecular complexity index is 2130. The lowest BCUT2D eigenvalue weighted by Crippen LogP contribution is -2.55. The van der Waals surface area contributed by atoms with E-state index in [1.807, 2.05) is 31.2 Å². The minimum absolute atomic E-state index is 0.120. The van der Waals surface area contributed by atoms with Gasteiger partial charge in [0.15, 0.2) is 5.78 Å². The zero-order valence-electron chi connectivity index (χ0n) is 30.1. The molecule has 1 aliphatic heterocycles. The summed E-state index contributed by atoms with van der Waals surface area (Å²) >= 11 is 0. The maximum absolute atomic E-state index is 13.7. The standard InChI is InChI=1S/C39H44N4O7S/c1-8-32(44)34-30-22-29(31(43(9-2)51(7,47)48)23-33(30)49-35(34)26-15-13-25(3)14-16-26)27-11-10-12-28(21-27)36(45)41-39(24-40)17-19-42(20-18-39)37(46)50-38(4,5)6/h10-16,21-23H,8-9,17-20H2,1-7H3,(H,41,45). The fourth-order valence-electron chi connectivity index (χ4n) is 6.29. The molecule has 3 aromatic carbocycles. The molecule has 0 unspecified atom stereocenters. The Balaban J connectivity index is 1.56. The lowest BCUT2D eigenvalue weighted by molar-refractivity contribution is 0.0176. The Morgan fingerprint density at radius 1 is 1.02 bits per heavy atom. The van der Waals surface area contributed by atoms with Gasteiger partial charge in [-0.05, 0) is 58.4 Å². The van der Waals surface area contributed by atoms with Crippen LogP contribution in [0.15, 0.2) is 65.1 Å². The number of anilines is 1. The summed E-state index contributed by atoms with van der Waals surface area (Å²) in [5.41, 5.74) is 2.24. The van der Waals surface area contributed by atoms with E-state index in [4.69, 9.17) is 9.15 Å². The number of hydrogen-bond acceptors (Lipinski definition) is 8. The Hall–Kier alpha value is -5.15. The second-order valence-corrected chi connectivity index (χ2v) is 15.8. The minimum atomic E-state index is -3.75. The van der Waals surface area contributed by atoms with Crippen LogP contribution in [0.4, 0.5) is 10.5 Å². The van der Waals surface area contributed by atoms with Crippen molar-refractivity contribution in [2.75, 3.05) is 30.2 Å². The SMILES string of the molecule is CCC(=O)c1c(-c2ccc(C)cc2)oc2cc(N(CC)S(C)(=O)=O)c(-c3cccc(C(=O)NC4(C#N)CCN(C(=O)OC(C)(C)C)CC4)c3)cc12. The summed E-state index contributed by atoms with van der Waals surface area (Å²) in [6, 6.07) is 20.0. The van der Waals surface area contributed by atoms with Gasteiger partial charge in [0.25, 0.3) is 5.91 Å². The zero-order chi connectivity index (χ0) is 37.3. The van der Waals surface area contributed by atoms with E-state index in [2.05, 4.69) is 11.4 Å². The van der Waals surface area contributed by atoms with Gasteiger partial charge in [-0.3, -0.25) is 13.9 Å². The molecule has 0 aliphatic carbocycles. The summed E-state index contributed by atoms with van der Waals surface area (Å²) in [6.45, 7) is 11.4. The molecule has 11 nitrogen and oxygen atoms in total. The lowest BCUT2D eigenvalue weighted by Gasteiger charge is -2.38. The molecule has 1 saturated heterocycles. The first kappa shape index (κ1) is 37.1. The highest BCUT2D eigenvalue weighted by atomic mass is 32.2. The van der Waals surface area contributed by atoms with Crippen LogP contribution in [0.25, 0.3) is 33.4 Å². The largest absolute Gasteiger partial charge is 0.455 e. The Morgan fingerprint density at radius 3 is 2.25 bits per heavy atom. The molecule has 0 saturated carbocycles. The van der Waals surface area contributed by atoms with Gasteiger partial charge in [-0.15, -0.1) is 0 Å². The first-order valence-corrected chi connectivity index (χ1v) is 18.8. The van der Waals surface area contributed by atoms with Crippen molar-refractivity contribution in [1.29, 1.82) is 5.26 Å². The van der Waals surface area contributed by atoms with Crippen LogP contribution in [-0.4, -0.2) is 68.1 Å². The van der Waals surface area contributed by atoms with E-state index in [1.54, 1.807) is 71.0 Å². The van der Waals surface area contributed by atoms with Gasteiger partial charge in [-0.2, -0.15) is 5.26 Å². The number of furan rings is 1. The van der Waals surface area contributed by atoms with Gasteiger partial charge in [0.2, 0.25) is 10.0 Å². The predicted octanol–water partition coefficient (Wildman–Crippen LogP) is 7.48. The molecule has 1 aromatic heterocycles. The highest BCUT2D eigenvalue weighted by molar-refractivity contribution is 7.92. The van der Waals surface area contributed by atoms with E-state index in [0.29, 0.717) is 44.7 Å². The van der Waals surface area contributed by atoms with E-state index in [-0.39, 0.29) is 50.2 Å². The highest BCUT2D eigenvalue weighted by Gasteiger charge is 2.39. The fourth-order valence-corrected chi connectivity index (χ4v) is 7.27. The molecule has 0 spiro atoms. The van der Waals surface area contributed by atoms with E-state index < -0.39 is 33.2 Å². The maximum atomic E-state index is 13.7. The van der Waals surface area contributed by atoms with Crippen LogP contribution in [0.5, 0.6) is 0 Å². The van der Waals surface area contributed by atoms with Gasteiger partial charge in [0, 0.05) is 67.0 Å². The number of rotatable bonds is 9. The number of aryl methyl sites for hydroxylation is 1. The quantitative estimate of drug-likeness (QED) is 0.176. The number of fused-ring (bicyclic) bond motifs is 1. The number of nitriles is 1. The molecule has 1 N–H and O–H groups in total. The van der Waals surface area contributed by atoms with E-state index in [1.165, 1.54) is 9.21 Å². The number of amides is 2. The van der Waals surface area contributed by atoms with Crippen LogP contribution < -0.4 is 9.62 Å². The Kier molecular flexibility index (Phi) is 10.4. The van der Waals surface area contributed by atoms with Crippen molar-refractivity contribution in [2.45, 2.75) is 71.9 Å². The van der Waals surface area contributed by atoms with Gasteiger partial charge in [0.05, 0.1) is 23.6 Å². The van der Waals surface area contributed by atoms with Crippen LogP contribution in [-0.2, 0) is 14.8 Å². The molecule has 5 rings (SSSR count). The molecule has 2 amide bonds. The third-order valence-corrected chi connectivity index (χ3v) is 10.2. The number of ether oxygens (including phenoxy) is 1. The smallest absolute Gasteiger partial charge is 0.410 e. The number of ketones is 1. The number of nitrogens with zero attached hydrogens (tertiary/aromatic N) is 3. The van der Waals surface area contributed by atoms with Crippen LogP contribution >= 0.6 is 0 Å².